The Morgan fingerprint density at radius 2 is 2.27 bits per heavy atom. The molecule has 0 fully saturated rings. The van der Waals surface area contributed by atoms with Crippen LogP contribution in [0.2, 0.25) is 5.02 Å². The summed E-state index contributed by atoms with van der Waals surface area (Å²) in [7, 11) is 0. The summed E-state index contributed by atoms with van der Waals surface area (Å²) in [6.07, 6.45) is 1.64. The number of nitrogens with one attached hydrogen (secondary N) is 2. The third-order valence-corrected chi connectivity index (χ3v) is 4.36. The Morgan fingerprint density at radius 1 is 1.50 bits per heavy atom. The fourth-order valence-corrected chi connectivity index (χ4v) is 2.66. The van der Waals surface area contributed by atoms with Crippen molar-refractivity contribution in [2.45, 2.75) is 38.8 Å². The maximum absolute atomic E-state index is 12.2. The Hall–Kier alpha value is -1.46. The summed E-state index contributed by atoms with van der Waals surface area (Å²) in [6.45, 7) is 4.40. The van der Waals surface area contributed by atoms with E-state index in [1.807, 2.05) is 26.0 Å². The number of aliphatic hydroxyl groups excluding tert-OH is 1. The van der Waals surface area contributed by atoms with Crippen LogP contribution in [0.3, 0.4) is 0 Å². The molecule has 1 aromatic carbocycles. The molecule has 122 valence electrons. The van der Waals surface area contributed by atoms with Crippen LogP contribution in [0.1, 0.15) is 38.3 Å². The number of aliphatic hydroxyl groups is 1. The van der Waals surface area contributed by atoms with E-state index in [9.17, 15) is 4.79 Å². The van der Waals surface area contributed by atoms with Crippen LogP contribution in [0.5, 0.6) is 5.75 Å². The molecule has 3 atom stereocenters. The summed E-state index contributed by atoms with van der Waals surface area (Å²) in [5, 5.41) is 15.5. The van der Waals surface area contributed by atoms with Crippen molar-refractivity contribution in [2.75, 3.05) is 13.2 Å². The van der Waals surface area contributed by atoms with Gasteiger partial charge in [-0.05, 0) is 31.7 Å². The van der Waals surface area contributed by atoms with Gasteiger partial charge in [0.2, 0.25) is 0 Å². The van der Waals surface area contributed by atoms with E-state index in [4.69, 9.17) is 21.4 Å². The van der Waals surface area contributed by atoms with E-state index >= 15 is 0 Å². The van der Waals surface area contributed by atoms with E-state index in [2.05, 4.69) is 10.6 Å². The minimum Gasteiger partial charge on any atom is -0.492 e. The molecule has 5 nitrogen and oxygen atoms in total. The van der Waals surface area contributed by atoms with Crippen molar-refractivity contribution >= 4 is 17.6 Å². The molecule has 0 spiro atoms. The molecule has 2 amide bonds. The van der Waals surface area contributed by atoms with E-state index in [0.717, 1.165) is 18.4 Å². The summed E-state index contributed by atoms with van der Waals surface area (Å²) in [6, 6.07) is 5.09. The standard InChI is InChI=1S/C16H23ClN2O3/c1-10(9-20)11(2)18-16(21)19-14-7-4-8-22-15-12(14)5-3-6-13(15)17/h3,5-6,10-11,14,20H,4,7-9H2,1-2H3,(H2,18,19,21). The van der Waals surface area contributed by atoms with Gasteiger partial charge < -0.3 is 20.5 Å². The smallest absolute Gasteiger partial charge is 0.315 e. The quantitative estimate of drug-likeness (QED) is 0.796. The van der Waals surface area contributed by atoms with Gasteiger partial charge in [0.15, 0.2) is 0 Å². The van der Waals surface area contributed by atoms with Crippen molar-refractivity contribution in [3.05, 3.63) is 28.8 Å². The fourth-order valence-electron chi connectivity index (χ4n) is 2.43. The molecule has 0 aromatic heterocycles. The van der Waals surface area contributed by atoms with E-state index in [0.29, 0.717) is 17.4 Å². The minimum atomic E-state index is -0.245. The zero-order valence-electron chi connectivity index (χ0n) is 12.9. The van der Waals surface area contributed by atoms with Gasteiger partial charge in [-0.3, -0.25) is 0 Å². The number of rotatable bonds is 4. The first-order valence-electron chi connectivity index (χ1n) is 7.62. The highest BCUT2D eigenvalue weighted by Crippen LogP contribution is 2.36. The molecular formula is C16H23ClN2O3. The number of amides is 2. The second-order valence-corrected chi connectivity index (χ2v) is 6.17. The van der Waals surface area contributed by atoms with Gasteiger partial charge in [-0.15, -0.1) is 0 Å². The summed E-state index contributed by atoms with van der Waals surface area (Å²) < 4.78 is 5.69. The molecule has 3 N–H and O–H groups in total. The van der Waals surface area contributed by atoms with Crippen molar-refractivity contribution in [3.63, 3.8) is 0 Å². The van der Waals surface area contributed by atoms with E-state index in [-0.39, 0.29) is 30.6 Å². The maximum atomic E-state index is 12.2. The number of ether oxygens (including phenoxy) is 1. The highest BCUT2D eigenvalue weighted by atomic mass is 35.5. The molecule has 0 aliphatic carbocycles. The Bertz CT molecular complexity index is 524. The number of para-hydroxylation sites is 1. The molecule has 1 aromatic rings. The highest BCUT2D eigenvalue weighted by molar-refractivity contribution is 6.32. The van der Waals surface area contributed by atoms with E-state index < -0.39 is 0 Å². The van der Waals surface area contributed by atoms with Gasteiger partial charge in [-0.1, -0.05) is 30.7 Å². The fraction of sp³-hybridized carbons (Fsp3) is 0.562. The third-order valence-electron chi connectivity index (χ3n) is 4.06. The average Bonchev–Trinajstić information content (AvgIpc) is 2.70. The molecule has 0 saturated carbocycles. The summed E-state index contributed by atoms with van der Waals surface area (Å²) in [5.74, 6) is 0.661. The Balaban J connectivity index is 2.07. The first kappa shape index (κ1) is 16.9. The number of carbonyl (C=O) groups excluding carboxylic acids is 1. The minimum absolute atomic E-state index is 0.00458. The van der Waals surface area contributed by atoms with Gasteiger partial charge in [0, 0.05) is 18.2 Å². The number of hydrogen-bond acceptors (Lipinski definition) is 3. The molecule has 3 unspecified atom stereocenters. The van der Waals surface area contributed by atoms with Gasteiger partial charge in [-0.25, -0.2) is 4.79 Å². The monoisotopic (exact) mass is 326 g/mol. The molecule has 0 radical (unpaired) electrons. The second-order valence-electron chi connectivity index (χ2n) is 5.77. The number of hydrogen-bond donors (Lipinski definition) is 3. The zero-order chi connectivity index (χ0) is 16.1. The largest absolute Gasteiger partial charge is 0.492 e. The van der Waals surface area contributed by atoms with Crippen LogP contribution in [0.15, 0.2) is 18.2 Å². The second kappa shape index (κ2) is 7.70. The molecule has 1 aliphatic rings. The number of urea groups is 1. The maximum Gasteiger partial charge on any atom is 0.315 e. The van der Waals surface area contributed by atoms with Gasteiger partial charge in [0.1, 0.15) is 5.75 Å². The van der Waals surface area contributed by atoms with Crippen LogP contribution in [0, 0.1) is 5.92 Å². The molecular weight excluding hydrogens is 304 g/mol. The van der Waals surface area contributed by atoms with E-state index in [1.165, 1.54) is 0 Å². The summed E-state index contributed by atoms with van der Waals surface area (Å²) in [5.41, 5.74) is 0.906. The van der Waals surface area contributed by atoms with Crippen molar-refractivity contribution in [1.82, 2.24) is 10.6 Å². The molecule has 1 heterocycles. The Kier molecular flexibility index (Phi) is 5.91. The van der Waals surface area contributed by atoms with Crippen molar-refractivity contribution in [2.24, 2.45) is 5.92 Å². The molecule has 22 heavy (non-hydrogen) atoms. The SMILES string of the molecule is CC(CO)C(C)NC(=O)NC1CCCOc2c(Cl)cccc21. The predicted octanol–water partition coefficient (Wildman–Crippen LogP) is 2.87. The van der Waals surface area contributed by atoms with Gasteiger partial charge in [0.05, 0.1) is 17.7 Å². The van der Waals surface area contributed by atoms with Gasteiger partial charge in [-0.2, -0.15) is 0 Å². The number of benzene rings is 1. The first-order chi connectivity index (χ1) is 10.5. The van der Waals surface area contributed by atoms with Crippen LogP contribution in [-0.4, -0.2) is 30.4 Å². The number of fused-ring (bicyclic) bond motifs is 1. The van der Waals surface area contributed by atoms with Crippen LogP contribution < -0.4 is 15.4 Å². The summed E-state index contributed by atoms with van der Waals surface area (Å²) in [4.78, 5) is 12.2. The van der Waals surface area contributed by atoms with Gasteiger partial charge >= 0.3 is 6.03 Å². The van der Waals surface area contributed by atoms with Crippen LogP contribution >= 0.6 is 11.6 Å². The van der Waals surface area contributed by atoms with Crippen LogP contribution in [0.25, 0.3) is 0 Å². The summed E-state index contributed by atoms with van der Waals surface area (Å²) >= 11 is 6.18. The van der Waals surface area contributed by atoms with Crippen LogP contribution in [-0.2, 0) is 0 Å². The number of halogens is 1. The molecule has 2 rings (SSSR count). The topological polar surface area (TPSA) is 70.6 Å². The lowest BCUT2D eigenvalue weighted by Gasteiger charge is -2.23. The van der Waals surface area contributed by atoms with Crippen LogP contribution in [0.4, 0.5) is 4.79 Å². The lowest BCUT2D eigenvalue weighted by molar-refractivity contribution is 0.198. The number of carbonyl (C=O) groups is 1. The lowest BCUT2D eigenvalue weighted by Crippen LogP contribution is -2.45. The normalized spacial score (nSPS) is 20.1. The first-order valence-corrected chi connectivity index (χ1v) is 7.99. The Labute approximate surface area is 136 Å². The van der Waals surface area contributed by atoms with Crippen molar-refractivity contribution in [3.8, 4) is 5.75 Å². The average molecular weight is 327 g/mol. The van der Waals surface area contributed by atoms with Crippen molar-refractivity contribution < 1.29 is 14.6 Å². The molecule has 6 heteroatoms. The van der Waals surface area contributed by atoms with Gasteiger partial charge in [0.25, 0.3) is 0 Å². The highest BCUT2D eigenvalue weighted by Gasteiger charge is 2.24. The molecule has 1 aliphatic heterocycles. The lowest BCUT2D eigenvalue weighted by atomic mass is 10.0. The molecule has 0 bridgehead atoms. The van der Waals surface area contributed by atoms with E-state index in [1.54, 1.807) is 6.07 Å². The van der Waals surface area contributed by atoms with Crippen molar-refractivity contribution in [1.29, 1.82) is 0 Å². The Morgan fingerprint density at radius 3 is 3.00 bits per heavy atom. The predicted molar refractivity (Wildman–Crippen MR) is 86.3 cm³/mol. The molecule has 0 saturated heterocycles. The zero-order valence-corrected chi connectivity index (χ0v) is 13.7. The third kappa shape index (κ3) is 4.05.